The second-order valence-electron chi connectivity index (χ2n) is 6.60. The van der Waals surface area contributed by atoms with Crippen LogP contribution < -0.4 is 5.32 Å². The van der Waals surface area contributed by atoms with E-state index in [4.69, 9.17) is 0 Å². The van der Waals surface area contributed by atoms with E-state index in [2.05, 4.69) is 36.1 Å². The molecule has 4 heteroatoms. The second kappa shape index (κ2) is 5.87. The molecule has 1 fully saturated rings. The maximum atomic E-state index is 9.47. The molecule has 106 valence electrons. The van der Waals surface area contributed by atoms with E-state index in [1.165, 1.54) is 0 Å². The lowest BCUT2D eigenvalue weighted by Crippen LogP contribution is -2.24. The topological polar surface area (TPSA) is 58.0 Å². The summed E-state index contributed by atoms with van der Waals surface area (Å²) in [5, 5.41) is 12.8. The van der Waals surface area contributed by atoms with E-state index in [9.17, 15) is 5.11 Å². The fourth-order valence-corrected chi connectivity index (χ4v) is 2.39. The molecule has 0 unspecified atom stereocenters. The third kappa shape index (κ3) is 4.16. The monoisotopic (exact) mass is 263 g/mol. The van der Waals surface area contributed by atoms with E-state index >= 15 is 0 Å². The molecule has 2 rings (SSSR count). The van der Waals surface area contributed by atoms with Gasteiger partial charge >= 0.3 is 0 Å². The van der Waals surface area contributed by atoms with Gasteiger partial charge in [0.25, 0.3) is 0 Å². The molecule has 1 aliphatic carbocycles. The summed E-state index contributed by atoms with van der Waals surface area (Å²) in [5.74, 6) is 1.34. The second-order valence-corrected chi connectivity index (χ2v) is 6.60. The molecule has 0 saturated heterocycles. The van der Waals surface area contributed by atoms with Gasteiger partial charge in [0.05, 0.1) is 6.10 Å². The van der Waals surface area contributed by atoms with Gasteiger partial charge in [0.15, 0.2) is 0 Å². The van der Waals surface area contributed by atoms with Crippen LogP contribution in [0.2, 0.25) is 0 Å². The lowest BCUT2D eigenvalue weighted by Gasteiger charge is -2.25. The van der Waals surface area contributed by atoms with Gasteiger partial charge in [0.2, 0.25) is 5.95 Å². The van der Waals surface area contributed by atoms with E-state index in [-0.39, 0.29) is 11.5 Å². The van der Waals surface area contributed by atoms with Crippen molar-refractivity contribution in [3.05, 3.63) is 18.0 Å². The molecule has 0 spiro atoms. The van der Waals surface area contributed by atoms with Crippen LogP contribution in [0.15, 0.2) is 12.4 Å². The number of aliphatic hydroxyl groups is 1. The van der Waals surface area contributed by atoms with Gasteiger partial charge in [-0.15, -0.1) is 0 Å². The molecule has 0 aliphatic heterocycles. The van der Waals surface area contributed by atoms with Gasteiger partial charge < -0.3 is 10.4 Å². The molecule has 2 N–H and O–H groups in total. The van der Waals surface area contributed by atoms with Gasteiger partial charge in [0.1, 0.15) is 0 Å². The van der Waals surface area contributed by atoms with Crippen LogP contribution >= 0.6 is 0 Å². The number of rotatable bonds is 3. The summed E-state index contributed by atoms with van der Waals surface area (Å²) in [7, 11) is 0. The van der Waals surface area contributed by atoms with Gasteiger partial charge in [-0.1, -0.05) is 20.8 Å². The summed E-state index contributed by atoms with van der Waals surface area (Å²) in [6.07, 6.45) is 7.76. The quantitative estimate of drug-likeness (QED) is 0.880. The number of anilines is 1. The highest BCUT2D eigenvalue weighted by molar-refractivity contribution is 5.27. The summed E-state index contributed by atoms with van der Waals surface area (Å²) in [4.78, 5) is 8.75. The normalized spacial score (nSPS) is 24.2. The first-order valence-electron chi connectivity index (χ1n) is 7.19. The van der Waals surface area contributed by atoms with Crippen molar-refractivity contribution in [2.75, 3.05) is 11.9 Å². The predicted molar refractivity (Wildman–Crippen MR) is 77.2 cm³/mol. The van der Waals surface area contributed by atoms with E-state index < -0.39 is 0 Å². The molecule has 4 nitrogen and oxygen atoms in total. The Hall–Kier alpha value is -1.16. The maximum Gasteiger partial charge on any atom is 0.222 e. The van der Waals surface area contributed by atoms with Crippen molar-refractivity contribution in [1.82, 2.24) is 9.97 Å². The van der Waals surface area contributed by atoms with Gasteiger partial charge in [-0.2, -0.15) is 0 Å². The van der Waals surface area contributed by atoms with Crippen molar-refractivity contribution in [1.29, 1.82) is 0 Å². The van der Waals surface area contributed by atoms with Crippen LogP contribution in [0.3, 0.4) is 0 Å². The molecule has 0 atom stereocenters. The van der Waals surface area contributed by atoms with Crippen LogP contribution in [0.5, 0.6) is 0 Å². The Morgan fingerprint density at radius 3 is 2.26 bits per heavy atom. The molecular weight excluding hydrogens is 238 g/mol. The first-order valence-corrected chi connectivity index (χ1v) is 7.19. The predicted octanol–water partition coefficient (Wildman–Crippen LogP) is 2.74. The highest BCUT2D eigenvalue weighted by Gasteiger charge is 2.19. The Labute approximate surface area is 115 Å². The molecule has 0 aromatic carbocycles. The Morgan fingerprint density at radius 2 is 1.74 bits per heavy atom. The number of hydrogen-bond acceptors (Lipinski definition) is 4. The first kappa shape index (κ1) is 14.3. The molecule has 1 aromatic heterocycles. The molecular formula is C15H25N3O. The Bertz CT molecular complexity index is 389. The van der Waals surface area contributed by atoms with E-state index in [0.717, 1.165) is 37.8 Å². The molecule has 0 amide bonds. The fraction of sp³-hybridized carbons (Fsp3) is 0.733. The third-order valence-corrected chi connectivity index (χ3v) is 3.88. The van der Waals surface area contributed by atoms with Crippen molar-refractivity contribution < 1.29 is 5.11 Å². The minimum absolute atomic E-state index is 0.0847. The van der Waals surface area contributed by atoms with E-state index in [1.54, 1.807) is 0 Å². The number of aromatic nitrogens is 2. The van der Waals surface area contributed by atoms with Crippen molar-refractivity contribution in [2.24, 2.45) is 5.92 Å². The van der Waals surface area contributed by atoms with Gasteiger partial charge in [-0.3, -0.25) is 0 Å². The molecule has 19 heavy (non-hydrogen) atoms. The zero-order valence-electron chi connectivity index (χ0n) is 12.2. The van der Waals surface area contributed by atoms with Crippen LogP contribution in [0.1, 0.15) is 52.0 Å². The zero-order valence-corrected chi connectivity index (χ0v) is 12.2. The number of nitrogens with zero attached hydrogens (tertiary/aromatic N) is 2. The summed E-state index contributed by atoms with van der Waals surface area (Å²) >= 11 is 0. The van der Waals surface area contributed by atoms with Crippen LogP contribution in [0.4, 0.5) is 5.95 Å². The smallest absolute Gasteiger partial charge is 0.222 e. The van der Waals surface area contributed by atoms with Gasteiger partial charge in [-0.25, -0.2) is 9.97 Å². The highest BCUT2D eigenvalue weighted by Crippen LogP contribution is 2.24. The summed E-state index contributed by atoms with van der Waals surface area (Å²) < 4.78 is 0. The highest BCUT2D eigenvalue weighted by atomic mass is 16.3. The first-order chi connectivity index (χ1) is 8.95. The zero-order chi connectivity index (χ0) is 13.9. The standard InChI is InChI=1S/C15H25N3O/c1-15(2,3)12-9-17-14(18-10-12)16-8-11-4-6-13(19)7-5-11/h9-11,13,19H,4-8H2,1-3H3,(H,16,17,18). The van der Waals surface area contributed by atoms with Crippen molar-refractivity contribution in [3.63, 3.8) is 0 Å². The Balaban J connectivity index is 1.83. The van der Waals surface area contributed by atoms with Gasteiger partial charge in [-0.05, 0) is 42.6 Å². The van der Waals surface area contributed by atoms with Crippen LogP contribution in [0.25, 0.3) is 0 Å². The van der Waals surface area contributed by atoms with E-state index in [0.29, 0.717) is 11.9 Å². The Kier molecular flexibility index (Phi) is 4.40. The molecule has 1 aromatic rings. The summed E-state index contributed by atoms with van der Waals surface area (Å²) in [6.45, 7) is 7.38. The van der Waals surface area contributed by atoms with Crippen molar-refractivity contribution >= 4 is 5.95 Å². The maximum absolute atomic E-state index is 9.47. The number of aliphatic hydroxyl groups excluding tert-OH is 1. The van der Waals surface area contributed by atoms with E-state index in [1.807, 2.05) is 12.4 Å². The van der Waals surface area contributed by atoms with Crippen molar-refractivity contribution in [2.45, 2.75) is 58.0 Å². The third-order valence-electron chi connectivity index (χ3n) is 3.88. The molecule has 1 saturated carbocycles. The average molecular weight is 263 g/mol. The summed E-state index contributed by atoms with van der Waals surface area (Å²) in [6, 6.07) is 0. The molecule has 0 bridgehead atoms. The van der Waals surface area contributed by atoms with Crippen LogP contribution in [-0.4, -0.2) is 27.7 Å². The molecule has 1 heterocycles. The minimum atomic E-state index is -0.0847. The average Bonchev–Trinajstić information content (AvgIpc) is 2.37. The fourth-order valence-electron chi connectivity index (χ4n) is 2.39. The SMILES string of the molecule is CC(C)(C)c1cnc(NCC2CCC(O)CC2)nc1. The van der Waals surface area contributed by atoms with Crippen LogP contribution in [-0.2, 0) is 5.41 Å². The number of hydrogen-bond donors (Lipinski definition) is 2. The minimum Gasteiger partial charge on any atom is -0.393 e. The van der Waals surface area contributed by atoms with Crippen molar-refractivity contribution in [3.8, 4) is 0 Å². The lowest BCUT2D eigenvalue weighted by molar-refractivity contribution is 0.111. The summed E-state index contributed by atoms with van der Waals surface area (Å²) in [5.41, 5.74) is 1.25. The number of nitrogens with one attached hydrogen (secondary N) is 1. The Morgan fingerprint density at radius 1 is 1.16 bits per heavy atom. The van der Waals surface area contributed by atoms with Crippen LogP contribution in [0, 0.1) is 5.92 Å². The lowest BCUT2D eigenvalue weighted by atomic mass is 9.87. The molecule has 0 radical (unpaired) electrons. The largest absolute Gasteiger partial charge is 0.393 e. The molecule has 1 aliphatic rings. The van der Waals surface area contributed by atoms with Gasteiger partial charge in [0, 0.05) is 18.9 Å².